The lowest BCUT2D eigenvalue weighted by Crippen LogP contribution is -1.92. The molecule has 0 aromatic heterocycles. The summed E-state index contributed by atoms with van der Waals surface area (Å²) < 4.78 is 0. The van der Waals surface area contributed by atoms with Crippen LogP contribution in [0.15, 0.2) is 182 Å². The van der Waals surface area contributed by atoms with Crippen molar-refractivity contribution in [2.75, 3.05) is 0 Å². The topological polar surface area (TPSA) is 0 Å². The van der Waals surface area contributed by atoms with Gasteiger partial charge in [-0.2, -0.15) is 0 Å². The number of hydrogen-bond donors (Lipinski definition) is 0. The molecule has 0 fully saturated rings. The summed E-state index contributed by atoms with van der Waals surface area (Å²) in [4.78, 5) is 0. The van der Waals surface area contributed by atoms with Gasteiger partial charge in [0, 0.05) is 0 Å². The highest BCUT2D eigenvalue weighted by Gasteiger charge is 2.18. The predicted molar refractivity (Wildman–Crippen MR) is 208 cm³/mol. The average Bonchev–Trinajstić information content (AvgIpc) is 3.17. The van der Waals surface area contributed by atoms with Crippen molar-refractivity contribution in [2.45, 2.75) is 0 Å². The quantitative estimate of drug-likeness (QED) is 0.139. The highest BCUT2D eigenvalue weighted by atomic mass is 14.2. The first-order valence-corrected chi connectivity index (χ1v) is 16.7. The second kappa shape index (κ2) is 10.7. The maximum atomic E-state index is 2.39. The normalized spacial score (nSPS) is 11.8. The van der Waals surface area contributed by atoms with Crippen LogP contribution in [0.5, 0.6) is 0 Å². The molecule has 0 heteroatoms. The summed E-state index contributed by atoms with van der Waals surface area (Å²) in [6, 6.07) is 67.0. The van der Waals surface area contributed by atoms with Crippen molar-refractivity contribution >= 4 is 64.6 Å². The summed E-state index contributed by atoms with van der Waals surface area (Å²) in [5, 5.41) is 15.4. The van der Waals surface area contributed by atoms with E-state index >= 15 is 0 Å². The van der Waals surface area contributed by atoms with Crippen LogP contribution in [0.25, 0.3) is 98.0 Å². The smallest absolute Gasteiger partial charge is 0.00201 e. The molecule has 0 aliphatic carbocycles. The summed E-state index contributed by atoms with van der Waals surface area (Å²) in [5.74, 6) is 0. The van der Waals surface area contributed by atoms with Crippen LogP contribution in [-0.4, -0.2) is 0 Å². The van der Waals surface area contributed by atoms with Gasteiger partial charge in [0.15, 0.2) is 0 Å². The van der Waals surface area contributed by atoms with E-state index in [1.54, 1.807) is 0 Å². The van der Waals surface area contributed by atoms with Crippen molar-refractivity contribution in [1.82, 2.24) is 0 Å². The first kappa shape index (κ1) is 26.9. The van der Waals surface area contributed by atoms with Gasteiger partial charge in [-0.05, 0) is 110 Å². The Morgan fingerprint density at radius 3 is 1.25 bits per heavy atom. The Hall–Kier alpha value is -6.24. The van der Waals surface area contributed by atoms with Crippen molar-refractivity contribution in [3.63, 3.8) is 0 Å². The Labute approximate surface area is 279 Å². The van der Waals surface area contributed by atoms with E-state index in [2.05, 4.69) is 182 Å². The molecule has 0 atom stereocenters. The van der Waals surface area contributed by atoms with Gasteiger partial charge in [0.05, 0.1) is 0 Å². The Bertz CT molecular complexity index is 2790. The predicted octanol–water partition coefficient (Wildman–Crippen LogP) is 13.6. The third kappa shape index (κ3) is 4.03. The first-order valence-electron chi connectivity index (χ1n) is 16.7. The van der Waals surface area contributed by atoms with Gasteiger partial charge in [-0.15, -0.1) is 0 Å². The number of rotatable bonds is 3. The van der Waals surface area contributed by atoms with E-state index < -0.39 is 0 Å². The average molecular weight is 607 g/mol. The van der Waals surface area contributed by atoms with Crippen LogP contribution in [0.4, 0.5) is 0 Å². The van der Waals surface area contributed by atoms with Crippen LogP contribution in [0.2, 0.25) is 0 Å². The molecule has 0 unspecified atom stereocenters. The van der Waals surface area contributed by atoms with Crippen molar-refractivity contribution < 1.29 is 0 Å². The van der Waals surface area contributed by atoms with Crippen LogP contribution in [0, 0.1) is 0 Å². The van der Waals surface area contributed by atoms with E-state index in [4.69, 9.17) is 0 Å². The second-order valence-electron chi connectivity index (χ2n) is 12.8. The summed E-state index contributed by atoms with van der Waals surface area (Å²) in [6.45, 7) is 0. The van der Waals surface area contributed by atoms with Gasteiger partial charge in [0.25, 0.3) is 0 Å². The van der Waals surface area contributed by atoms with E-state index in [-0.39, 0.29) is 0 Å². The minimum absolute atomic E-state index is 1.22. The highest BCUT2D eigenvalue weighted by molar-refractivity contribution is 6.26. The largest absolute Gasteiger partial charge is 0.0616 e. The molecule has 222 valence electrons. The SMILES string of the molecule is c1cc(-c2ccc3c4ccccc4c4ccccc4c3c2)cc(-c2c3ccccc3c(-c3cccc4ccccc34)c3ccccc23)c1. The molecule has 0 aliphatic heterocycles. The fourth-order valence-electron chi connectivity index (χ4n) is 8.11. The molecular weight excluding hydrogens is 577 g/mol. The van der Waals surface area contributed by atoms with Gasteiger partial charge in [-0.25, -0.2) is 0 Å². The van der Waals surface area contributed by atoms with Gasteiger partial charge in [0.2, 0.25) is 0 Å². The summed E-state index contributed by atoms with van der Waals surface area (Å²) in [7, 11) is 0. The van der Waals surface area contributed by atoms with Gasteiger partial charge in [0.1, 0.15) is 0 Å². The Morgan fingerprint density at radius 2 is 0.625 bits per heavy atom. The lowest BCUT2D eigenvalue weighted by atomic mass is 9.84. The van der Waals surface area contributed by atoms with Crippen LogP contribution >= 0.6 is 0 Å². The molecule has 0 nitrogen and oxygen atoms in total. The van der Waals surface area contributed by atoms with Gasteiger partial charge >= 0.3 is 0 Å². The van der Waals surface area contributed by atoms with E-state index in [1.807, 2.05) is 0 Å². The lowest BCUT2D eigenvalue weighted by molar-refractivity contribution is 1.63. The fraction of sp³-hybridized carbons (Fsp3) is 0. The Balaban J connectivity index is 1.22. The standard InChI is InChI=1S/C48H30/c1-2-17-35-31(13-1)14-12-26-41(35)48-44-24-9-7-22-42(44)47(43-23-8-10-25-45(43)48)34-16-11-15-32(29-34)33-27-28-40-38-20-4-3-18-36(38)37-19-5-6-21-39(37)46(40)30-33/h1-30H. The van der Waals surface area contributed by atoms with Crippen molar-refractivity contribution in [2.24, 2.45) is 0 Å². The molecule has 0 spiro atoms. The molecule has 0 bridgehead atoms. The molecule has 0 radical (unpaired) electrons. The fourth-order valence-corrected chi connectivity index (χ4v) is 8.11. The van der Waals surface area contributed by atoms with Crippen molar-refractivity contribution in [3.8, 4) is 33.4 Å². The van der Waals surface area contributed by atoms with Crippen molar-refractivity contribution in [1.29, 1.82) is 0 Å². The Morgan fingerprint density at radius 1 is 0.208 bits per heavy atom. The molecule has 0 aliphatic rings. The number of fused-ring (bicyclic) bond motifs is 9. The Kier molecular flexibility index (Phi) is 5.98. The lowest BCUT2D eigenvalue weighted by Gasteiger charge is -2.19. The molecule has 10 aromatic rings. The van der Waals surface area contributed by atoms with Gasteiger partial charge in [-0.1, -0.05) is 170 Å². The molecule has 10 aromatic carbocycles. The molecule has 0 saturated carbocycles. The summed E-state index contributed by atoms with van der Waals surface area (Å²) in [6.07, 6.45) is 0. The minimum atomic E-state index is 1.22. The molecule has 0 saturated heterocycles. The zero-order chi connectivity index (χ0) is 31.6. The van der Waals surface area contributed by atoms with Crippen LogP contribution < -0.4 is 0 Å². The molecule has 0 N–H and O–H groups in total. The van der Waals surface area contributed by atoms with Gasteiger partial charge in [-0.3, -0.25) is 0 Å². The minimum Gasteiger partial charge on any atom is -0.0616 e. The first-order chi connectivity index (χ1) is 23.8. The van der Waals surface area contributed by atoms with Crippen LogP contribution in [-0.2, 0) is 0 Å². The number of hydrogen-bond acceptors (Lipinski definition) is 0. The second-order valence-corrected chi connectivity index (χ2v) is 12.8. The molecule has 48 heavy (non-hydrogen) atoms. The van der Waals surface area contributed by atoms with E-state index in [1.165, 1.54) is 98.0 Å². The van der Waals surface area contributed by atoms with Crippen LogP contribution in [0.3, 0.4) is 0 Å². The van der Waals surface area contributed by atoms with Crippen molar-refractivity contribution in [3.05, 3.63) is 182 Å². The number of benzene rings is 10. The maximum Gasteiger partial charge on any atom is -0.00201 e. The monoisotopic (exact) mass is 606 g/mol. The summed E-state index contributed by atoms with van der Waals surface area (Å²) >= 11 is 0. The zero-order valence-electron chi connectivity index (χ0n) is 26.3. The van der Waals surface area contributed by atoms with E-state index in [9.17, 15) is 0 Å². The maximum absolute atomic E-state index is 2.39. The molecule has 0 amide bonds. The van der Waals surface area contributed by atoms with Gasteiger partial charge < -0.3 is 0 Å². The third-order valence-electron chi connectivity index (χ3n) is 10.2. The summed E-state index contributed by atoms with van der Waals surface area (Å²) in [5.41, 5.74) is 7.53. The molecular formula is C48H30. The van der Waals surface area contributed by atoms with E-state index in [0.717, 1.165) is 0 Å². The zero-order valence-corrected chi connectivity index (χ0v) is 26.3. The molecule has 0 heterocycles. The van der Waals surface area contributed by atoms with E-state index in [0.29, 0.717) is 0 Å². The third-order valence-corrected chi connectivity index (χ3v) is 10.2. The van der Waals surface area contributed by atoms with Crippen LogP contribution in [0.1, 0.15) is 0 Å². The highest BCUT2D eigenvalue weighted by Crippen LogP contribution is 2.46. The molecule has 10 rings (SSSR count).